The van der Waals surface area contributed by atoms with Gasteiger partial charge in [0.1, 0.15) is 11.5 Å². The van der Waals surface area contributed by atoms with Gasteiger partial charge in [-0.05, 0) is 0 Å². The predicted molar refractivity (Wildman–Crippen MR) is 46.2 cm³/mol. The monoisotopic (exact) mass is 198 g/mol. The number of methoxy groups -OCH3 is 1. The molecule has 1 N–H and O–H groups in total. The quantitative estimate of drug-likeness (QED) is 0.331. The molecule has 6 heteroatoms. The maximum atomic E-state index is 10.8. The largest absolute Gasteiger partial charge is 0.469 e. The Hall–Kier alpha value is -1.85. The van der Waals surface area contributed by atoms with Gasteiger partial charge in [-0.3, -0.25) is 4.79 Å². The summed E-state index contributed by atoms with van der Waals surface area (Å²) in [4.78, 5) is 10.8. The molecule has 76 valence electrons. The number of hydrogen-bond donors (Lipinski definition) is 1. The van der Waals surface area contributed by atoms with E-state index in [0.29, 0.717) is 17.9 Å². The van der Waals surface area contributed by atoms with E-state index in [0.717, 1.165) is 6.21 Å². The fourth-order valence-electron chi connectivity index (χ4n) is 0.894. The van der Waals surface area contributed by atoms with E-state index in [1.165, 1.54) is 7.11 Å². The number of carbonyl (C=O) groups excluding carboxylic acids is 1. The van der Waals surface area contributed by atoms with Crippen LogP contribution >= 0.6 is 0 Å². The molecule has 0 saturated heterocycles. The fourth-order valence-corrected chi connectivity index (χ4v) is 0.894. The average Bonchev–Trinajstić information content (AvgIpc) is 2.63. The summed E-state index contributed by atoms with van der Waals surface area (Å²) in [6, 6.07) is 1.59. The molecule has 0 aliphatic heterocycles. The van der Waals surface area contributed by atoms with Gasteiger partial charge in [0.25, 0.3) is 0 Å². The minimum absolute atomic E-state index is 0.238. The first-order chi connectivity index (χ1) is 6.76. The van der Waals surface area contributed by atoms with Crippen LogP contribution in [0.15, 0.2) is 15.7 Å². The van der Waals surface area contributed by atoms with E-state index in [2.05, 4.69) is 15.0 Å². The van der Waals surface area contributed by atoms with Crippen molar-refractivity contribution >= 4 is 12.2 Å². The highest BCUT2D eigenvalue weighted by molar-refractivity contribution is 5.76. The van der Waals surface area contributed by atoms with Gasteiger partial charge < -0.3 is 14.5 Å². The van der Waals surface area contributed by atoms with E-state index in [9.17, 15) is 4.79 Å². The first-order valence-electron chi connectivity index (χ1n) is 3.96. The lowest BCUT2D eigenvalue weighted by molar-refractivity contribution is -0.140. The molecule has 0 aliphatic carbocycles. The number of carbonyl (C=O) groups is 1. The Morgan fingerprint density at radius 1 is 1.86 bits per heavy atom. The summed E-state index contributed by atoms with van der Waals surface area (Å²) in [6.07, 6.45) is 1.80. The number of esters is 1. The fraction of sp³-hybridized carbons (Fsp3) is 0.375. The van der Waals surface area contributed by atoms with Crippen LogP contribution in [0, 0.1) is 0 Å². The lowest BCUT2D eigenvalue weighted by Gasteiger charge is -1.94. The Kier molecular flexibility index (Phi) is 3.66. The van der Waals surface area contributed by atoms with Crippen molar-refractivity contribution in [3.05, 3.63) is 17.5 Å². The third-order valence-corrected chi connectivity index (χ3v) is 1.57. The molecule has 1 heterocycles. The summed E-state index contributed by atoms with van der Waals surface area (Å²) in [5.41, 5.74) is 0.410. The molecule has 0 amide bonds. The van der Waals surface area contributed by atoms with Crippen LogP contribution in [0.25, 0.3) is 0 Å². The van der Waals surface area contributed by atoms with Crippen molar-refractivity contribution < 1.29 is 19.3 Å². The molecule has 14 heavy (non-hydrogen) atoms. The highest BCUT2D eigenvalue weighted by atomic mass is 16.5. The second-order valence-electron chi connectivity index (χ2n) is 2.54. The van der Waals surface area contributed by atoms with Gasteiger partial charge >= 0.3 is 5.97 Å². The van der Waals surface area contributed by atoms with Gasteiger partial charge in [-0.25, -0.2) is 0 Å². The van der Waals surface area contributed by atoms with Crippen LogP contribution < -0.4 is 0 Å². The number of aromatic nitrogens is 1. The van der Waals surface area contributed by atoms with Gasteiger partial charge in [0, 0.05) is 12.5 Å². The van der Waals surface area contributed by atoms with Crippen LogP contribution in [0.5, 0.6) is 0 Å². The standard InChI is InChI=1S/C8H10N2O4/c1-13-8(11)3-2-7-4-6(5-9-12)10-14-7/h4-5,12H,2-3H2,1H3. The molecule has 6 nitrogen and oxygen atoms in total. The van der Waals surface area contributed by atoms with E-state index < -0.39 is 0 Å². The van der Waals surface area contributed by atoms with Crippen LogP contribution in [0.4, 0.5) is 0 Å². The van der Waals surface area contributed by atoms with Crippen LogP contribution in [0.1, 0.15) is 17.9 Å². The van der Waals surface area contributed by atoms with E-state index in [1.807, 2.05) is 0 Å². The van der Waals surface area contributed by atoms with Crippen molar-refractivity contribution in [3.8, 4) is 0 Å². The number of aryl methyl sites for hydroxylation is 1. The van der Waals surface area contributed by atoms with Gasteiger partial charge in [-0.15, -0.1) is 0 Å². The third-order valence-electron chi connectivity index (χ3n) is 1.57. The Morgan fingerprint density at radius 2 is 2.64 bits per heavy atom. The van der Waals surface area contributed by atoms with Crippen LogP contribution in [0.3, 0.4) is 0 Å². The van der Waals surface area contributed by atoms with E-state index in [4.69, 9.17) is 9.73 Å². The highest BCUT2D eigenvalue weighted by Gasteiger charge is 2.06. The maximum absolute atomic E-state index is 10.8. The summed E-state index contributed by atoms with van der Waals surface area (Å²) in [5.74, 6) is 0.240. The summed E-state index contributed by atoms with van der Waals surface area (Å²) in [5, 5.41) is 14.6. The summed E-state index contributed by atoms with van der Waals surface area (Å²) >= 11 is 0. The molecule has 1 aromatic rings. The Balaban J connectivity index is 2.47. The SMILES string of the molecule is COC(=O)CCc1cc(C=NO)no1. The van der Waals surface area contributed by atoms with Crippen molar-refractivity contribution in [2.24, 2.45) is 5.16 Å². The van der Waals surface area contributed by atoms with Gasteiger partial charge in [0.15, 0.2) is 0 Å². The zero-order valence-corrected chi connectivity index (χ0v) is 7.64. The number of rotatable bonds is 4. The number of ether oxygens (including phenoxy) is 1. The third kappa shape index (κ3) is 2.89. The molecule has 0 saturated carbocycles. The van der Waals surface area contributed by atoms with Crippen LogP contribution in [-0.2, 0) is 16.0 Å². The van der Waals surface area contributed by atoms with Crippen molar-refractivity contribution in [2.75, 3.05) is 7.11 Å². The topological polar surface area (TPSA) is 84.9 Å². The first-order valence-corrected chi connectivity index (χ1v) is 3.96. The minimum Gasteiger partial charge on any atom is -0.469 e. The molecular weight excluding hydrogens is 188 g/mol. The van der Waals surface area contributed by atoms with Crippen LogP contribution in [0.2, 0.25) is 0 Å². The molecular formula is C8H10N2O4. The molecule has 1 rings (SSSR count). The molecule has 1 aromatic heterocycles. The second kappa shape index (κ2) is 5.00. The number of oxime groups is 1. The summed E-state index contributed by atoms with van der Waals surface area (Å²) in [7, 11) is 1.33. The maximum Gasteiger partial charge on any atom is 0.305 e. The van der Waals surface area contributed by atoms with E-state index in [-0.39, 0.29) is 12.4 Å². The van der Waals surface area contributed by atoms with E-state index in [1.54, 1.807) is 6.07 Å². The zero-order chi connectivity index (χ0) is 10.4. The Morgan fingerprint density at radius 3 is 3.29 bits per heavy atom. The molecule has 0 aliphatic rings. The van der Waals surface area contributed by atoms with E-state index >= 15 is 0 Å². The normalized spacial score (nSPS) is 10.6. The van der Waals surface area contributed by atoms with Crippen LogP contribution in [-0.4, -0.2) is 29.7 Å². The Bertz CT molecular complexity index is 332. The summed E-state index contributed by atoms with van der Waals surface area (Å²) in [6.45, 7) is 0. The molecule has 0 aromatic carbocycles. The van der Waals surface area contributed by atoms with Crippen molar-refractivity contribution in [3.63, 3.8) is 0 Å². The molecule has 0 radical (unpaired) electrons. The van der Waals surface area contributed by atoms with Gasteiger partial charge in [-0.1, -0.05) is 10.3 Å². The first kappa shape index (κ1) is 10.2. The van der Waals surface area contributed by atoms with Gasteiger partial charge in [0.2, 0.25) is 0 Å². The number of nitrogens with zero attached hydrogens (tertiary/aromatic N) is 2. The Labute approximate surface area is 80.1 Å². The molecule has 0 spiro atoms. The minimum atomic E-state index is -0.307. The van der Waals surface area contributed by atoms with Gasteiger partial charge in [-0.2, -0.15) is 0 Å². The molecule has 0 bridgehead atoms. The molecule has 0 atom stereocenters. The lowest BCUT2D eigenvalue weighted by Crippen LogP contribution is -2.01. The second-order valence-corrected chi connectivity index (χ2v) is 2.54. The molecule has 0 fully saturated rings. The highest BCUT2D eigenvalue weighted by Crippen LogP contribution is 2.05. The van der Waals surface area contributed by atoms with Crippen molar-refractivity contribution in [1.29, 1.82) is 0 Å². The van der Waals surface area contributed by atoms with Crippen molar-refractivity contribution in [2.45, 2.75) is 12.8 Å². The smallest absolute Gasteiger partial charge is 0.305 e. The summed E-state index contributed by atoms with van der Waals surface area (Å²) < 4.78 is 9.31. The predicted octanol–water partition coefficient (Wildman–Crippen LogP) is 0.588. The lowest BCUT2D eigenvalue weighted by atomic mass is 10.2. The zero-order valence-electron chi connectivity index (χ0n) is 7.64. The van der Waals surface area contributed by atoms with Crippen molar-refractivity contribution in [1.82, 2.24) is 5.16 Å². The molecule has 0 unspecified atom stereocenters. The average molecular weight is 198 g/mol. The number of hydrogen-bond acceptors (Lipinski definition) is 6. The van der Waals surface area contributed by atoms with Gasteiger partial charge in [0.05, 0.1) is 19.7 Å².